The Labute approximate surface area is 130 Å². The number of guanidine groups is 1. The lowest BCUT2D eigenvalue weighted by atomic mass is 10.4. The molecule has 0 aliphatic heterocycles. The Hall–Kier alpha value is -0.750. The summed E-state index contributed by atoms with van der Waals surface area (Å²) >= 11 is 3.63. The summed E-state index contributed by atoms with van der Waals surface area (Å²) in [6, 6.07) is 0. The molecule has 0 saturated carbocycles. The van der Waals surface area contributed by atoms with E-state index in [2.05, 4.69) is 54.6 Å². The van der Waals surface area contributed by atoms with Crippen LogP contribution in [0, 0.1) is 13.8 Å². The van der Waals surface area contributed by atoms with Crippen LogP contribution < -0.4 is 10.6 Å². The fraction of sp³-hybridized carbons (Fsp3) is 0.714. The highest BCUT2D eigenvalue weighted by molar-refractivity contribution is 7.99. The van der Waals surface area contributed by atoms with Crippen molar-refractivity contribution in [3.8, 4) is 0 Å². The number of nitrogens with zero attached hydrogens (tertiary/aromatic N) is 2. The number of thioether (sulfide) groups is 1. The molecule has 0 bridgehead atoms. The zero-order chi connectivity index (χ0) is 15.0. The van der Waals surface area contributed by atoms with Crippen LogP contribution in [-0.2, 0) is 6.42 Å². The van der Waals surface area contributed by atoms with E-state index < -0.39 is 0 Å². The SMILES string of the molecule is CCNC(=NCC(C)SC)NCCc1nc(C)c(C)s1. The molecule has 0 aromatic carbocycles. The highest BCUT2D eigenvalue weighted by atomic mass is 32.2. The van der Waals surface area contributed by atoms with Crippen LogP contribution in [0.4, 0.5) is 0 Å². The number of hydrogen-bond acceptors (Lipinski definition) is 4. The molecule has 20 heavy (non-hydrogen) atoms. The Bertz CT molecular complexity index is 409. The van der Waals surface area contributed by atoms with Gasteiger partial charge in [-0.05, 0) is 27.0 Å². The topological polar surface area (TPSA) is 49.3 Å². The summed E-state index contributed by atoms with van der Waals surface area (Å²) in [6.07, 6.45) is 3.06. The van der Waals surface area contributed by atoms with Crippen molar-refractivity contribution >= 4 is 29.1 Å². The van der Waals surface area contributed by atoms with E-state index in [-0.39, 0.29) is 0 Å². The van der Waals surface area contributed by atoms with E-state index in [0.717, 1.165) is 37.7 Å². The molecule has 0 aliphatic rings. The first-order valence-corrected chi connectivity index (χ1v) is 9.15. The Morgan fingerprint density at radius 2 is 2.15 bits per heavy atom. The lowest BCUT2D eigenvalue weighted by Gasteiger charge is -2.12. The van der Waals surface area contributed by atoms with E-state index in [1.807, 2.05) is 11.8 Å². The van der Waals surface area contributed by atoms with Crippen molar-refractivity contribution in [1.82, 2.24) is 15.6 Å². The van der Waals surface area contributed by atoms with Gasteiger partial charge in [-0.15, -0.1) is 11.3 Å². The van der Waals surface area contributed by atoms with Gasteiger partial charge in [0.15, 0.2) is 5.96 Å². The van der Waals surface area contributed by atoms with Gasteiger partial charge in [0.25, 0.3) is 0 Å². The second-order valence-electron chi connectivity index (χ2n) is 4.69. The van der Waals surface area contributed by atoms with E-state index >= 15 is 0 Å². The second-order valence-corrected chi connectivity index (χ2v) is 7.26. The Morgan fingerprint density at radius 1 is 1.40 bits per heavy atom. The van der Waals surface area contributed by atoms with Gasteiger partial charge in [-0.2, -0.15) is 11.8 Å². The highest BCUT2D eigenvalue weighted by Gasteiger charge is 2.04. The van der Waals surface area contributed by atoms with Gasteiger partial charge >= 0.3 is 0 Å². The summed E-state index contributed by atoms with van der Waals surface area (Å²) in [5, 5.41) is 8.40. The third-order valence-corrected chi connectivity index (χ3v) is 5.04. The third-order valence-electron chi connectivity index (χ3n) is 2.96. The molecule has 1 aromatic heterocycles. The van der Waals surface area contributed by atoms with Crippen LogP contribution in [0.15, 0.2) is 4.99 Å². The predicted octanol–water partition coefficient (Wildman–Crippen LogP) is 2.61. The molecular weight excluding hydrogens is 288 g/mol. The second kappa shape index (κ2) is 9.23. The zero-order valence-electron chi connectivity index (χ0n) is 13.1. The average Bonchev–Trinajstić information content (AvgIpc) is 2.74. The fourth-order valence-electron chi connectivity index (χ4n) is 1.57. The molecule has 1 atom stereocenters. The highest BCUT2D eigenvalue weighted by Crippen LogP contribution is 2.16. The minimum Gasteiger partial charge on any atom is -0.357 e. The normalized spacial score (nSPS) is 13.3. The number of aryl methyl sites for hydroxylation is 2. The number of hydrogen-bond donors (Lipinski definition) is 2. The molecular formula is C14H26N4S2. The van der Waals surface area contributed by atoms with Gasteiger partial charge in [-0.1, -0.05) is 6.92 Å². The zero-order valence-corrected chi connectivity index (χ0v) is 14.7. The maximum atomic E-state index is 4.59. The fourth-order valence-corrected chi connectivity index (χ4v) is 2.73. The molecule has 0 radical (unpaired) electrons. The largest absolute Gasteiger partial charge is 0.357 e. The third kappa shape index (κ3) is 6.13. The van der Waals surface area contributed by atoms with Gasteiger partial charge in [-0.3, -0.25) is 4.99 Å². The number of thiazole rings is 1. The minimum absolute atomic E-state index is 0.551. The smallest absolute Gasteiger partial charge is 0.191 e. The number of rotatable bonds is 7. The van der Waals surface area contributed by atoms with Gasteiger partial charge in [0.2, 0.25) is 0 Å². The van der Waals surface area contributed by atoms with Crippen LogP contribution in [0.2, 0.25) is 0 Å². The maximum absolute atomic E-state index is 4.59. The van der Waals surface area contributed by atoms with Crippen molar-refractivity contribution in [2.75, 3.05) is 25.9 Å². The average molecular weight is 315 g/mol. The quantitative estimate of drug-likeness (QED) is 0.600. The van der Waals surface area contributed by atoms with Crippen molar-refractivity contribution < 1.29 is 0 Å². The van der Waals surface area contributed by atoms with Crippen molar-refractivity contribution in [1.29, 1.82) is 0 Å². The number of aromatic nitrogens is 1. The monoisotopic (exact) mass is 314 g/mol. The van der Waals surface area contributed by atoms with E-state index in [0.29, 0.717) is 5.25 Å². The summed E-state index contributed by atoms with van der Waals surface area (Å²) in [4.78, 5) is 10.5. The molecule has 4 nitrogen and oxygen atoms in total. The van der Waals surface area contributed by atoms with Crippen molar-refractivity contribution in [2.45, 2.75) is 39.4 Å². The summed E-state index contributed by atoms with van der Waals surface area (Å²) in [5.41, 5.74) is 1.15. The van der Waals surface area contributed by atoms with Gasteiger partial charge in [-0.25, -0.2) is 4.98 Å². The van der Waals surface area contributed by atoms with Crippen LogP contribution in [0.3, 0.4) is 0 Å². The lowest BCUT2D eigenvalue weighted by Crippen LogP contribution is -2.38. The van der Waals surface area contributed by atoms with Gasteiger partial charge < -0.3 is 10.6 Å². The van der Waals surface area contributed by atoms with Crippen LogP contribution in [0.1, 0.15) is 29.4 Å². The van der Waals surface area contributed by atoms with Crippen LogP contribution in [0.5, 0.6) is 0 Å². The molecule has 1 unspecified atom stereocenters. The molecule has 6 heteroatoms. The molecule has 114 valence electrons. The molecule has 0 fully saturated rings. The molecule has 0 amide bonds. The van der Waals surface area contributed by atoms with Crippen LogP contribution in [0.25, 0.3) is 0 Å². The predicted molar refractivity (Wildman–Crippen MR) is 92.3 cm³/mol. The summed E-state index contributed by atoms with van der Waals surface area (Å²) in [6.45, 7) is 11.1. The molecule has 1 aromatic rings. The van der Waals surface area contributed by atoms with E-state index in [1.165, 1.54) is 9.88 Å². The molecule has 0 aliphatic carbocycles. The molecule has 0 saturated heterocycles. The summed E-state index contributed by atoms with van der Waals surface area (Å²) in [7, 11) is 0. The van der Waals surface area contributed by atoms with Crippen molar-refractivity contribution in [2.24, 2.45) is 4.99 Å². The van der Waals surface area contributed by atoms with Crippen LogP contribution in [-0.4, -0.2) is 42.1 Å². The van der Waals surface area contributed by atoms with Gasteiger partial charge in [0.05, 0.1) is 17.2 Å². The Kier molecular flexibility index (Phi) is 7.99. The molecule has 2 N–H and O–H groups in total. The number of aliphatic imine (C=N–C) groups is 1. The summed E-state index contributed by atoms with van der Waals surface area (Å²) < 4.78 is 0. The van der Waals surface area contributed by atoms with E-state index in [4.69, 9.17) is 0 Å². The maximum Gasteiger partial charge on any atom is 0.191 e. The van der Waals surface area contributed by atoms with E-state index in [9.17, 15) is 0 Å². The molecule has 0 spiro atoms. The van der Waals surface area contributed by atoms with E-state index in [1.54, 1.807) is 11.3 Å². The van der Waals surface area contributed by atoms with Gasteiger partial charge in [0.1, 0.15) is 0 Å². The van der Waals surface area contributed by atoms with Crippen molar-refractivity contribution in [3.05, 3.63) is 15.6 Å². The summed E-state index contributed by atoms with van der Waals surface area (Å²) in [5.74, 6) is 0.901. The van der Waals surface area contributed by atoms with Gasteiger partial charge in [0, 0.05) is 29.6 Å². The Morgan fingerprint density at radius 3 is 2.70 bits per heavy atom. The first-order valence-electron chi connectivity index (χ1n) is 7.04. The van der Waals surface area contributed by atoms with Crippen LogP contribution >= 0.6 is 23.1 Å². The standard InChI is InChI=1S/C14H26N4S2/c1-6-15-14(17-9-10(2)19-5)16-8-7-13-18-11(3)12(4)20-13/h10H,6-9H2,1-5H3,(H2,15,16,17). The number of nitrogens with one attached hydrogen (secondary N) is 2. The first-order chi connectivity index (χ1) is 9.56. The Balaban J connectivity index is 2.42. The first kappa shape index (κ1) is 17.3. The van der Waals surface area contributed by atoms with Crippen molar-refractivity contribution in [3.63, 3.8) is 0 Å². The minimum atomic E-state index is 0.551. The molecule has 1 rings (SSSR count). The lowest BCUT2D eigenvalue weighted by molar-refractivity contribution is 0.792. The molecule has 1 heterocycles.